The van der Waals surface area contributed by atoms with Crippen LogP contribution in [0.25, 0.3) is 0 Å². The maximum atomic E-state index is 12.9. The molecule has 0 amide bonds. The summed E-state index contributed by atoms with van der Waals surface area (Å²) in [6.07, 6.45) is 0.854. The lowest BCUT2D eigenvalue weighted by atomic mass is 9.91. The van der Waals surface area contributed by atoms with E-state index in [4.69, 9.17) is 5.73 Å². The summed E-state index contributed by atoms with van der Waals surface area (Å²) < 4.78 is 12.9. The van der Waals surface area contributed by atoms with Crippen LogP contribution in [0.1, 0.15) is 36.2 Å². The summed E-state index contributed by atoms with van der Waals surface area (Å²) in [5.74, 6) is -0.296. The van der Waals surface area contributed by atoms with Gasteiger partial charge in [0.1, 0.15) is 5.82 Å². The highest BCUT2D eigenvalue weighted by molar-refractivity contribution is 6.01. The van der Waals surface area contributed by atoms with Crippen LogP contribution in [0.4, 0.5) is 4.39 Å². The summed E-state index contributed by atoms with van der Waals surface area (Å²) in [5.41, 5.74) is 7.03. The summed E-state index contributed by atoms with van der Waals surface area (Å²) in [6, 6.07) is 3.66. The molecule has 0 heterocycles. The molecule has 1 aromatic rings. The standard InChI is InChI=1S/C13H18FNO/c1-4-8(2)12(15)13(16)11-6-5-10(14)7-9(11)3/h5-8,12H,4,15H2,1-3H3. The minimum Gasteiger partial charge on any atom is -0.321 e. The average molecular weight is 223 g/mol. The van der Waals surface area contributed by atoms with Crippen LogP contribution < -0.4 is 5.73 Å². The number of carbonyl (C=O) groups is 1. The smallest absolute Gasteiger partial charge is 0.180 e. The zero-order valence-electron chi connectivity index (χ0n) is 9.96. The molecule has 0 radical (unpaired) electrons. The van der Waals surface area contributed by atoms with Gasteiger partial charge in [0.15, 0.2) is 5.78 Å². The lowest BCUT2D eigenvalue weighted by Gasteiger charge is -2.17. The molecule has 0 saturated heterocycles. The third-order valence-electron chi connectivity index (χ3n) is 3.01. The van der Waals surface area contributed by atoms with Crippen molar-refractivity contribution >= 4 is 5.78 Å². The normalized spacial score (nSPS) is 14.6. The molecule has 0 aromatic heterocycles. The van der Waals surface area contributed by atoms with Gasteiger partial charge in [-0.2, -0.15) is 0 Å². The summed E-state index contributed by atoms with van der Waals surface area (Å²) in [7, 11) is 0. The van der Waals surface area contributed by atoms with Gasteiger partial charge in [-0.15, -0.1) is 0 Å². The highest BCUT2D eigenvalue weighted by Gasteiger charge is 2.22. The molecule has 0 saturated carbocycles. The minimum atomic E-state index is -0.505. The lowest BCUT2D eigenvalue weighted by molar-refractivity contribution is 0.0934. The topological polar surface area (TPSA) is 43.1 Å². The molecule has 0 aliphatic heterocycles. The van der Waals surface area contributed by atoms with Gasteiger partial charge in [0.2, 0.25) is 0 Å². The van der Waals surface area contributed by atoms with Crippen molar-refractivity contribution < 1.29 is 9.18 Å². The molecule has 88 valence electrons. The van der Waals surface area contributed by atoms with Gasteiger partial charge < -0.3 is 5.73 Å². The molecule has 1 rings (SSSR count). The SMILES string of the molecule is CCC(C)C(N)C(=O)c1ccc(F)cc1C. The maximum Gasteiger partial charge on any atom is 0.180 e. The van der Waals surface area contributed by atoms with Gasteiger partial charge in [0.05, 0.1) is 6.04 Å². The lowest BCUT2D eigenvalue weighted by Crippen LogP contribution is -2.37. The van der Waals surface area contributed by atoms with E-state index in [0.717, 1.165) is 6.42 Å². The van der Waals surface area contributed by atoms with Crippen molar-refractivity contribution in [3.05, 3.63) is 35.1 Å². The molecule has 0 aliphatic carbocycles. The quantitative estimate of drug-likeness (QED) is 0.797. The highest BCUT2D eigenvalue weighted by atomic mass is 19.1. The number of Topliss-reactive ketones (excluding diaryl/α,β-unsaturated/α-hetero) is 1. The van der Waals surface area contributed by atoms with E-state index in [-0.39, 0.29) is 17.5 Å². The fourth-order valence-corrected chi connectivity index (χ4v) is 1.60. The fraction of sp³-hybridized carbons (Fsp3) is 0.462. The van der Waals surface area contributed by atoms with E-state index >= 15 is 0 Å². The van der Waals surface area contributed by atoms with Gasteiger partial charge in [0, 0.05) is 5.56 Å². The van der Waals surface area contributed by atoms with Crippen LogP contribution in [0, 0.1) is 18.7 Å². The van der Waals surface area contributed by atoms with Gasteiger partial charge >= 0.3 is 0 Å². The van der Waals surface area contributed by atoms with Gasteiger partial charge in [-0.3, -0.25) is 4.79 Å². The molecule has 2 nitrogen and oxygen atoms in total. The number of hydrogen-bond acceptors (Lipinski definition) is 2. The zero-order valence-corrected chi connectivity index (χ0v) is 9.96. The molecule has 0 bridgehead atoms. The largest absolute Gasteiger partial charge is 0.321 e. The Morgan fingerprint density at radius 3 is 2.62 bits per heavy atom. The average Bonchev–Trinajstić information content (AvgIpc) is 2.26. The molecule has 2 N–H and O–H groups in total. The van der Waals surface area contributed by atoms with Crippen LogP contribution >= 0.6 is 0 Å². The van der Waals surface area contributed by atoms with E-state index in [2.05, 4.69) is 0 Å². The summed E-state index contributed by atoms with van der Waals surface area (Å²) >= 11 is 0. The first-order valence-electron chi connectivity index (χ1n) is 5.53. The van der Waals surface area contributed by atoms with E-state index in [0.29, 0.717) is 11.1 Å². The second-order valence-corrected chi connectivity index (χ2v) is 4.23. The molecule has 2 unspecified atom stereocenters. The van der Waals surface area contributed by atoms with Crippen molar-refractivity contribution in [1.82, 2.24) is 0 Å². The van der Waals surface area contributed by atoms with Crippen LogP contribution in [0.15, 0.2) is 18.2 Å². The van der Waals surface area contributed by atoms with Crippen LogP contribution in [0.2, 0.25) is 0 Å². The number of hydrogen-bond donors (Lipinski definition) is 1. The van der Waals surface area contributed by atoms with Crippen molar-refractivity contribution in [3.8, 4) is 0 Å². The van der Waals surface area contributed by atoms with Crippen molar-refractivity contribution in [3.63, 3.8) is 0 Å². The number of halogens is 1. The number of benzene rings is 1. The van der Waals surface area contributed by atoms with E-state index in [1.807, 2.05) is 13.8 Å². The first-order valence-corrected chi connectivity index (χ1v) is 5.53. The van der Waals surface area contributed by atoms with Crippen LogP contribution in [0.5, 0.6) is 0 Å². The maximum absolute atomic E-state index is 12.9. The van der Waals surface area contributed by atoms with E-state index < -0.39 is 6.04 Å². The first-order chi connectivity index (χ1) is 7.47. The van der Waals surface area contributed by atoms with Crippen molar-refractivity contribution in [2.45, 2.75) is 33.2 Å². The Hall–Kier alpha value is -1.22. The second kappa shape index (κ2) is 5.21. The Morgan fingerprint density at radius 1 is 1.50 bits per heavy atom. The molecule has 0 spiro atoms. The number of rotatable bonds is 4. The Balaban J connectivity index is 2.96. The number of aryl methyl sites for hydroxylation is 1. The van der Waals surface area contributed by atoms with E-state index in [1.54, 1.807) is 6.92 Å². The van der Waals surface area contributed by atoms with Gasteiger partial charge in [-0.1, -0.05) is 20.3 Å². The molecule has 3 heteroatoms. The molecule has 2 atom stereocenters. The molecular formula is C13H18FNO. The fourth-order valence-electron chi connectivity index (χ4n) is 1.60. The number of carbonyl (C=O) groups excluding carboxylic acids is 1. The zero-order chi connectivity index (χ0) is 12.3. The monoisotopic (exact) mass is 223 g/mol. The van der Waals surface area contributed by atoms with Gasteiger partial charge in [-0.25, -0.2) is 4.39 Å². The Bertz CT molecular complexity index is 390. The highest BCUT2D eigenvalue weighted by Crippen LogP contribution is 2.16. The summed E-state index contributed by atoms with van der Waals surface area (Å²) in [5, 5.41) is 0. The van der Waals surface area contributed by atoms with Crippen molar-refractivity contribution in [2.24, 2.45) is 11.7 Å². The second-order valence-electron chi connectivity index (χ2n) is 4.23. The Morgan fingerprint density at radius 2 is 2.12 bits per heavy atom. The number of ketones is 1. The first kappa shape index (κ1) is 12.8. The predicted octanol–water partition coefficient (Wildman–Crippen LogP) is 2.69. The molecule has 1 aromatic carbocycles. The molecule has 16 heavy (non-hydrogen) atoms. The Kier molecular flexibility index (Phi) is 4.19. The third kappa shape index (κ3) is 2.67. The third-order valence-corrected chi connectivity index (χ3v) is 3.01. The van der Waals surface area contributed by atoms with E-state index in [9.17, 15) is 9.18 Å². The summed E-state index contributed by atoms with van der Waals surface area (Å²) in [6.45, 7) is 5.66. The van der Waals surface area contributed by atoms with Crippen molar-refractivity contribution in [1.29, 1.82) is 0 Å². The van der Waals surface area contributed by atoms with Crippen LogP contribution in [-0.4, -0.2) is 11.8 Å². The molecule has 0 fully saturated rings. The predicted molar refractivity (Wildman–Crippen MR) is 62.9 cm³/mol. The van der Waals surface area contributed by atoms with Crippen LogP contribution in [-0.2, 0) is 0 Å². The minimum absolute atomic E-state index is 0.105. The van der Waals surface area contributed by atoms with Crippen molar-refractivity contribution in [2.75, 3.05) is 0 Å². The van der Waals surface area contributed by atoms with Crippen LogP contribution in [0.3, 0.4) is 0 Å². The van der Waals surface area contributed by atoms with E-state index in [1.165, 1.54) is 18.2 Å². The van der Waals surface area contributed by atoms with Gasteiger partial charge in [-0.05, 0) is 36.6 Å². The molecular weight excluding hydrogens is 205 g/mol. The summed E-state index contributed by atoms with van der Waals surface area (Å²) in [4.78, 5) is 12.0. The number of nitrogens with two attached hydrogens (primary N) is 1. The Labute approximate surface area is 95.7 Å². The molecule has 0 aliphatic rings. The van der Waals surface area contributed by atoms with Gasteiger partial charge in [0.25, 0.3) is 0 Å².